The molecule has 4 N–H and O–H groups in total. The van der Waals surface area contributed by atoms with Crippen molar-refractivity contribution in [3.63, 3.8) is 0 Å². The highest BCUT2D eigenvalue weighted by atomic mass is 32.2. The smallest absolute Gasteiger partial charge is 0.296 e. The molecule has 0 saturated carbocycles. The lowest BCUT2D eigenvalue weighted by Crippen LogP contribution is -2.26. The van der Waals surface area contributed by atoms with Crippen LogP contribution in [0.5, 0.6) is 0 Å². The molecule has 0 atom stereocenters. The van der Waals surface area contributed by atoms with Crippen molar-refractivity contribution >= 4 is 48.8 Å². The predicted octanol–water partition coefficient (Wildman–Crippen LogP) is 4.16. The van der Waals surface area contributed by atoms with E-state index in [0.717, 1.165) is 11.6 Å². The number of sulfonamides is 1. The minimum atomic E-state index is -4.85. The number of nitrogens with two attached hydrogens (primary N) is 1. The molecule has 41 heavy (non-hydrogen) atoms. The standard InChI is InChI=1S/C29H25N3O7S2/c1-17-7-13-20(14-8-17)40(35,36)32(2)16-18-9-11-19(12-10-18)31-23-15-24(41(37,38)39)27(30)26-25(23)28(33)21-5-3-4-6-22(21)29(26)34/h3-15,31H,16,30H2,1-2H3,(H,37,38,39). The second-order valence-corrected chi connectivity index (χ2v) is 13.1. The Bertz CT molecular complexity index is 1940. The molecule has 0 unspecified atom stereocenters. The first-order valence-electron chi connectivity index (χ1n) is 12.3. The van der Waals surface area contributed by atoms with Crippen molar-refractivity contribution in [3.05, 3.63) is 112 Å². The van der Waals surface area contributed by atoms with Crippen LogP contribution >= 0.6 is 0 Å². The summed E-state index contributed by atoms with van der Waals surface area (Å²) in [4.78, 5) is 26.2. The summed E-state index contributed by atoms with van der Waals surface area (Å²) < 4.78 is 61.2. The molecule has 1 aliphatic rings. The van der Waals surface area contributed by atoms with Crippen LogP contribution < -0.4 is 11.1 Å². The number of nitrogen functional groups attached to an aromatic ring is 1. The molecule has 0 spiro atoms. The Morgan fingerprint density at radius 1 is 0.829 bits per heavy atom. The Morgan fingerprint density at radius 2 is 1.39 bits per heavy atom. The maximum absolute atomic E-state index is 13.5. The summed E-state index contributed by atoms with van der Waals surface area (Å²) in [5.41, 5.74) is 7.25. The molecular weight excluding hydrogens is 566 g/mol. The van der Waals surface area contributed by atoms with Crippen molar-refractivity contribution < 1.29 is 31.0 Å². The molecule has 0 amide bonds. The van der Waals surface area contributed by atoms with E-state index in [4.69, 9.17) is 5.73 Å². The summed E-state index contributed by atoms with van der Waals surface area (Å²) in [7, 11) is -7.10. The molecule has 10 nitrogen and oxygen atoms in total. The molecule has 0 radical (unpaired) electrons. The normalized spacial score (nSPS) is 13.2. The quantitative estimate of drug-likeness (QED) is 0.186. The van der Waals surface area contributed by atoms with Crippen LogP contribution in [0.2, 0.25) is 0 Å². The van der Waals surface area contributed by atoms with E-state index in [0.29, 0.717) is 11.3 Å². The monoisotopic (exact) mass is 591 g/mol. The number of anilines is 3. The van der Waals surface area contributed by atoms with Gasteiger partial charge in [0.15, 0.2) is 11.6 Å². The Labute approximate surface area is 237 Å². The van der Waals surface area contributed by atoms with Crippen molar-refractivity contribution in [3.8, 4) is 0 Å². The average Bonchev–Trinajstić information content (AvgIpc) is 2.93. The number of ketones is 2. The first kappa shape index (κ1) is 28.2. The van der Waals surface area contributed by atoms with Crippen LogP contribution in [0.1, 0.15) is 43.0 Å². The van der Waals surface area contributed by atoms with Crippen LogP contribution in [0.3, 0.4) is 0 Å². The molecule has 1 aliphatic carbocycles. The van der Waals surface area contributed by atoms with Gasteiger partial charge in [0.25, 0.3) is 10.1 Å². The van der Waals surface area contributed by atoms with Gasteiger partial charge in [-0.1, -0.05) is 54.1 Å². The SMILES string of the molecule is Cc1ccc(S(=O)(=O)N(C)Cc2ccc(Nc3cc(S(=O)(=O)O)c(N)c4c3C(=O)c3ccccc3C4=O)cc2)cc1. The zero-order valence-electron chi connectivity index (χ0n) is 22.0. The van der Waals surface area contributed by atoms with Crippen LogP contribution in [-0.4, -0.2) is 44.3 Å². The van der Waals surface area contributed by atoms with Crippen LogP contribution in [0.15, 0.2) is 88.7 Å². The van der Waals surface area contributed by atoms with Gasteiger partial charge in [-0.25, -0.2) is 8.42 Å². The highest BCUT2D eigenvalue weighted by Crippen LogP contribution is 2.40. The second kappa shape index (κ2) is 10.2. The molecule has 12 heteroatoms. The number of aryl methyl sites for hydroxylation is 1. The van der Waals surface area contributed by atoms with E-state index in [-0.39, 0.29) is 39.4 Å². The number of nitrogens with one attached hydrogen (secondary N) is 1. The van der Waals surface area contributed by atoms with Crippen molar-refractivity contribution in [2.24, 2.45) is 0 Å². The molecule has 5 rings (SSSR count). The topological polar surface area (TPSA) is 164 Å². The van der Waals surface area contributed by atoms with E-state index in [1.165, 1.54) is 23.5 Å². The highest BCUT2D eigenvalue weighted by Gasteiger charge is 2.36. The molecule has 0 saturated heterocycles. The molecule has 0 aromatic heterocycles. The fraction of sp³-hybridized carbons (Fsp3) is 0.103. The third kappa shape index (κ3) is 5.13. The lowest BCUT2D eigenvalue weighted by molar-refractivity contribution is 0.0980. The summed E-state index contributed by atoms with van der Waals surface area (Å²) in [5, 5.41) is 2.96. The van der Waals surface area contributed by atoms with E-state index in [9.17, 15) is 31.0 Å². The maximum Gasteiger partial charge on any atom is 0.296 e. The Morgan fingerprint density at radius 3 is 1.95 bits per heavy atom. The lowest BCUT2D eigenvalue weighted by atomic mass is 9.82. The minimum absolute atomic E-state index is 0.0403. The molecule has 0 fully saturated rings. The number of rotatable bonds is 7. The Balaban J connectivity index is 1.48. The van der Waals surface area contributed by atoms with Gasteiger partial charge in [0, 0.05) is 30.4 Å². The van der Waals surface area contributed by atoms with E-state index >= 15 is 0 Å². The van der Waals surface area contributed by atoms with Gasteiger partial charge in [0.1, 0.15) is 4.90 Å². The van der Waals surface area contributed by atoms with Crippen molar-refractivity contribution in [1.29, 1.82) is 0 Å². The lowest BCUT2D eigenvalue weighted by Gasteiger charge is -2.23. The fourth-order valence-corrected chi connectivity index (χ4v) is 6.49. The molecule has 0 bridgehead atoms. The van der Waals surface area contributed by atoms with Gasteiger partial charge < -0.3 is 11.1 Å². The summed E-state index contributed by atoms with van der Waals surface area (Å²) in [6.07, 6.45) is 0. The molecule has 0 aliphatic heterocycles. The van der Waals surface area contributed by atoms with Gasteiger partial charge in [-0.15, -0.1) is 0 Å². The number of benzene rings is 4. The summed E-state index contributed by atoms with van der Waals surface area (Å²) in [6.45, 7) is 1.94. The van der Waals surface area contributed by atoms with Crippen molar-refractivity contribution in [2.75, 3.05) is 18.1 Å². The number of nitrogens with zero attached hydrogens (tertiary/aromatic N) is 1. The van der Waals surface area contributed by atoms with E-state index in [2.05, 4.69) is 5.32 Å². The van der Waals surface area contributed by atoms with Gasteiger partial charge in [-0.2, -0.15) is 12.7 Å². The summed E-state index contributed by atoms with van der Waals surface area (Å²) >= 11 is 0. The number of hydrogen-bond donors (Lipinski definition) is 3. The molecule has 4 aromatic carbocycles. The number of fused-ring (bicyclic) bond motifs is 2. The minimum Gasteiger partial charge on any atom is -0.397 e. The van der Waals surface area contributed by atoms with E-state index in [1.54, 1.807) is 60.7 Å². The first-order valence-corrected chi connectivity index (χ1v) is 15.2. The fourth-order valence-electron chi connectivity index (χ4n) is 4.69. The van der Waals surface area contributed by atoms with Crippen LogP contribution in [0, 0.1) is 6.92 Å². The van der Waals surface area contributed by atoms with Crippen LogP contribution in [0.4, 0.5) is 17.1 Å². The van der Waals surface area contributed by atoms with Gasteiger partial charge >= 0.3 is 0 Å². The summed E-state index contributed by atoms with van der Waals surface area (Å²) in [6, 6.07) is 20.2. The van der Waals surface area contributed by atoms with Crippen molar-refractivity contribution in [2.45, 2.75) is 23.3 Å². The summed E-state index contributed by atoms with van der Waals surface area (Å²) in [5.74, 6) is -1.18. The predicted molar refractivity (Wildman–Crippen MR) is 154 cm³/mol. The third-order valence-electron chi connectivity index (χ3n) is 6.85. The molecule has 210 valence electrons. The van der Waals surface area contributed by atoms with Gasteiger partial charge in [-0.05, 0) is 42.8 Å². The van der Waals surface area contributed by atoms with Crippen molar-refractivity contribution in [1.82, 2.24) is 4.31 Å². The first-order chi connectivity index (χ1) is 19.3. The molecular formula is C29H25N3O7S2. The number of carbonyl (C=O) groups excluding carboxylic acids is 2. The van der Waals surface area contributed by atoms with Gasteiger partial charge in [0.2, 0.25) is 10.0 Å². The maximum atomic E-state index is 13.5. The second-order valence-electron chi connectivity index (χ2n) is 9.66. The highest BCUT2D eigenvalue weighted by molar-refractivity contribution is 7.89. The average molecular weight is 592 g/mol. The van der Waals surface area contributed by atoms with E-state index in [1.807, 2.05) is 6.92 Å². The van der Waals surface area contributed by atoms with Crippen LogP contribution in [-0.2, 0) is 26.7 Å². The number of hydrogen-bond acceptors (Lipinski definition) is 8. The zero-order chi connectivity index (χ0) is 29.7. The van der Waals surface area contributed by atoms with Crippen LogP contribution in [0.25, 0.3) is 0 Å². The zero-order valence-corrected chi connectivity index (χ0v) is 23.6. The number of carbonyl (C=O) groups is 2. The molecule has 4 aromatic rings. The molecule has 0 heterocycles. The Kier molecular flexibility index (Phi) is 7.03. The van der Waals surface area contributed by atoms with E-state index < -0.39 is 42.3 Å². The van der Waals surface area contributed by atoms with Gasteiger partial charge in [-0.3, -0.25) is 14.1 Å². The van der Waals surface area contributed by atoms with Gasteiger partial charge in [0.05, 0.1) is 27.4 Å². The largest absolute Gasteiger partial charge is 0.397 e. The third-order valence-corrected chi connectivity index (χ3v) is 9.56. The Hall–Kier alpha value is -4.36.